The highest BCUT2D eigenvalue weighted by molar-refractivity contribution is 5.81. The van der Waals surface area contributed by atoms with E-state index in [1.807, 2.05) is 23.1 Å². The number of nitrogens with zero attached hydrogens (tertiary/aromatic N) is 4. The highest BCUT2D eigenvalue weighted by atomic mass is 16.2. The molecule has 4 rings (SSSR count). The number of amides is 1. The third-order valence-corrected chi connectivity index (χ3v) is 5.48. The SMILES string of the molecule is Cn1c(=O)c2ccn(CC(=O)N3CC[C@H](c4ccccc4)C3)c2n(C)c1=O. The summed E-state index contributed by atoms with van der Waals surface area (Å²) in [5.74, 6) is 0.354. The molecule has 1 atom stereocenters. The first-order chi connectivity index (χ1) is 13.0. The number of carbonyl (C=O) groups excluding carboxylic acids is 1. The number of hydrogen-bond acceptors (Lipinski definition) is 3. The topological polar surface area (TPSA) is 69.2 Å². The standard InChI is InChI=1S/C20H22N4O3/c1-21-18-16(19(26)22(2)20(21)27)9-11-24(18)13-17(25)23-10-8-15(12-23)14-6-4-3-5-7-14/h3-7,9,11,15H,8,10,12-13H2,1-2H3/t15-/m0/s1. The number of rotatable bonds is 3. The molecule has 7 heteroatoms. The van der Waals surface area contributed by atoms with Crippen molar-refractivity contribution in [2.75, 3.05) is 13.1 Å². The van der Waals surface area contributed by atoms with Crippen LogP contribution in [0.3, 0.4) is 0 Å². The molecule has 0 bridgehead atoms. The van der Waals surface area contributed by atoms with Crippen molar-refractivity contribution in [2.24, 2.45) is 14.1 Å². The van der Waals surface area contributed by atoms with Crippen LogP contribution >= 0.6 is 0 Å². The first-order valence-electron chi connectivity index (χ1n) is 9.05. The quantitative estimate of drug-likeness (QED) is 0.696. The fraction of sp³-hybridized carbons (Fsp3) is 0.350. The first-order valence-corrected chi connectivity index (χ1v) is 9.05. The van der Waals surface area contributed by atoms with Gasteiger partial charge in [-0.2, -0.15) is 0 Å². The first kappa shape index (κ1) is 17.3. The summed E-state index contributed by atoms with van der Waals surface area (Å²) in [5.41, 5.74) is 0.996. The molecule has 1 aromatic carbocycles. The molecule has 140 valence electrons. The van der Waals surface area contributed by atoms with Gasteiger partial charge < -0.3 is 9.47 Å². The predicted octanol–water partition coefficient (Wildman–Crippen LogP) is 1.05. The molecule has 1 fully saturated rings. The van der Waals surface area contributed by atoms with Crippen LogP contribution in [0.5, 0.6) is 0 Å². The Morgan fingerprint density at radius 3 is 2.56 bits per heavy atom. The molecule has 3 aromatic rings. The van der Waals surface area contributed by atoms with Gasteiger partial charge in [0.2, 0.25) is 5.91 Å². The number of aryl methyl sites for hydroxylation is 1. The summed E-state index contributed by atoms with van der Waals surface area (Å²) in [6.45, 7) is 1.53. The lowest BCUT2D eigenvalue weighted by Crippen LogP contribution is -2.38. The van der Waals surface area contributed by atoms with Crippen LogP contribution in [-0.4, -0.2) is 37.6 Å². The van der Waals surface area contributed by atoms with Crippen molar-refractivity contribution in [3.63, 3.8) is 0 Å². The Morgan fingerprint density at radius 2 is 1.81 bits per heavy atom. The number of benzene rings is 1. The Balaban J connectivity index is 1.58. The third-order valence-electron chi connectivity index (χ3n) is 5.48. The van der Waals surface area contributed by atoms with Gasteiger partial charge in [-0.1, -0.05) is 30.3 Å². The van der Waals surface area contributed by atoms with Crippen molar-refractivity contribution >= 4 is 16.9 Å². The Hall–Kier alpha value is -3.09. The van der Waals surface area contributed by atoms with Crippen molar-refractivity contribution in [2.45, 2.75) is 18.9 Å². The van der Waals surface area contributed by atoms with Gasteiger partial charge in [-0.05, 0) is 18.1 Å². The van der Waals surface area contributed by atoms with Gasteiger partial charge in [0.15, 0.2) is 0 Å². The average molecular weight is 366 g/mol. The van der Waals surface area contributed by atoms with Crippen molar-refractivity contribution in [3.8, 4) is 0 Å². The maximum Gasteiger partial charge on any atom is 0.332 e. The van der Waals surface area contributed by atoms with Gasteiger partial charge in [0.1, 0.15) is 12.2 Å². The predicted molar refractivity (Wildman–Crippen MR) is 103 cm³/mol. The monoisotopic (exact) mass is 366 g/mol. The van der Waals surface area contributed by atoms with Crippen molar-refractivity contribution in [1.82, 2.24) is 18.6 Å². The van der Waals surface area contributed by atoms with Gasteiger partial charge in [-0.25, -0.2) is 4.79 Å². The van der Waals surface area contributed by atoms with Gasteiger partial charge in [0.05, 0.1) is 5.39 Å². The molecule has 1 aliphatic rings. The third kappa shape index (κ3) is 2.89. The van der Waals surface area contributed by atoms with Crippen LogP contribution < -0.4 is 11.2 Å². The van der Waals surface area contributed by atoms with Crippen LogP contribution in [0.15, 0.2) is 52.2 Å². The molecular formula is C20H22N4O3. The van der Waals surface area contributed by atoms with E-state index in [1.165, 1.54) is 17.2 Å². The Kier molecular flexibility index (Phi) is 4.22. The Bertz CT molecular complexity index is 1120. The molecule has 3 heterocycles. The zero-order valence-corrected chi connectivity index (χ0v) is 15.5. The molecule has 0 aliphatic carbocycles. The fourth-order valence-electron chi connectivity index (χ4n) is 3.95. The van der Waals surface area contributed by atoms with Crippen LogP contribution in [0.25, 0.3) is 11.0 Å². The number of carbonyl (C=O) groups is 1. The molecule has 1 aliphatic heterocycles. The zero-order valence-electron chi connectivity index (χ0n) is 15.5. The van der Waals surface area contributed by atoms with Gasteiger partial charge >= 0.3 is 5.69 Å². The molecule has 27 heavy (non-hydrogen) atoms. The summed E-state index contributed by atoms with van der Waals surface area (Å²) < 4.78 is 4.19. The second kappa shape index (κ2) is 6.57. The minimum Gasteiger partial charge on any atom is -0.341 e. The fourth-order valence-corrected chi connectivity index (χ4v) is 3.95. The second-order valence-corrected chi connectivity index (χ2v) is 7.12. The van der Waals surface area contributed by atoms with E-state index in [1.54, 1.807) is 23.9 Å². The normalized spacial score (nSPS) is 17.0. The molecule has 7 nitrogen and oxygen atoms in total. The summed E-state index contributed by atoms with van der Waals surface area (Å²) in [6.07, 6.45) is 2.65. The summed E-state index contributed by atoms with van der Waals surface area (Å²) in [7, 11) is 3.08. The number of aromatic nitrogens is 3. The molecular weight excluding hydrogens is 344 g/mol. The lowest BCUT2D eigenvalue weighted by Gasteiger charge is -2.18. The van der Waals surface area contributed by atoms with Crippen LogP contribution in [0, 0.1) is 0 Å². The van der Waals surface area contributed by atoms with Crippen LogP contribution in [-0.2, 0) is 25.4 Å². The molecule has 1 amide bonds. The maximum absolute atomic E-state index is 12.8. The highest BCUT2D eigenvalue weighted by Crippen LogP contribution is 2.27. The molecule has 1 saturated heterocycles. The van der Waals surface area contributed by atoms with E-state index in [0.29, 0.717) is 23.5 Å². The lowest BCUT2D eigenvalue weighted by molar-refractivity contribution is -0.130. The van der Waals surface area contributed by atoms with Crippen molar-refractivity contribution in [1.29, 1.82) is 0 Å². The smallest absolute Gasteiger partial charge is 0.332 e. The lowest BCUT2D eigenvalue weighted by atomic mass is 9.99. The van der Waals surface area contributed by atoms with Gasteiger partial charge in [-0.15, -0.1) is 0 Å². The largest absolute Gasteiger partial charge is 0.341 e. The van der Waals surface area contributed by atoms with E-state index in [-0.39, 0.29) is 18.0 Å². The molecule has 0 N–H and O–H groups in total. The van der Waals surface area contributed by atoms with Crippen LogP contribution in [0.1, 0.15) is 17.9 Å². The summed E-state index contributed by atoms with van der Waals surface area (Å²) in [5, 5.41) is 0.441. The van der Waals surface area contributed by atoms with Gasteiger partial charge in [-0.3, -0.25) is 18.7 Å². The number of fused-ring (bicyclic) bond motifs is 1. The molecule has 0 unspecified atom stereocenters. The van der Waals surface area contributed by atoms with E-state index in [4.69, 9.17) is 0 Å². The molecule has 2 aromatic heterocycles. The Labute approximate surface area is 156 Å². The van der Waals surface area contributed by atoms with E-state index in [9.17, 15) is 14.4 Å². The molecule has 0 saturated carbocycles. The van der Waals surface area contributed by atoms with Crippen LogP contribution in [0.2, 0.25) is 0 Å². The Morgan fingerprint density at radius 1 is 1.07 bits per heavy atom. The van der Waals surface area contributed by atoms with Crippen molar-refractivity contribution < 1.29 is 4.79 Å². The number of hydrogen-bond donors (Lipinski definition) is 0. The minimum absolute atomic E-state index is 0.000873. The maximum atomic E-state index is 12.8. The van der Waals surface area contributed by atoms with E-state index in [0.717, 1.165) is 17.5 Å². The highest BCUT2D eigenvalue weighted by Gasteiger charge is 2.27. The zero-order chi connectivity index (χ0) is 19.1. The van der Waals surface area contributed by atoms with Gasteiger partial charge in [0, 0.05) is 39.3 Å². The van der Waals surface area contributed by atoms with Crippen molar-refractivity contribution in [3.05, 3.63) is 69.0 Å². The number of likely N-dealkylation sites (tertiary alicyclic amines) is 1. The van der Waals surface area contributed by atoms with E-state index in [2.05, 4.69) is 12.1 Å². The second-order valence-electron chi connectivity index (χ2n) is 7.12. The summed E-state index contributed by atoms with van der Waals surface area (Å²) in [4.78, 5) is 39.2. The molecule has 0 spiro atoms. The summed E-state index contributed by atoms with van der Waals surface area (Å²) in [6, 6.07) is 11.9. The van der Waals surface area contributed by atoms with E-state index >= 15 is 0 Å². The summed E-state index contributed by atoms with van der Waals surface area (Å²) >= 11 is 0. The minimum atomic E-state index is -0.398. The molecule has 0 radical (unpaired) electrons. The van der Waals surface area contributed by atoms with E-state index < -0.39 is 5.69 Å². The van der Waals surface area contributed by atoms with Gasteiger partial charge in [0.25, 0.3) is 5.56 Å². The average Bonchev–Trinajstić information content (AvgIpc) is 3.33. The van der Waals surface area contributed by atoms with Crippen LogP contribution in [0.4, 0.5) is 0 Å².